The lowest BCUT2D eigenvalue weighted by Gasteiger charge is -2.45. The SMILES string of the molecule is CCN(CC(C)(C)O)C(=O)C1(c2cccc(C)c2)CCC1. The Kier molecular flexibility index (Phi) is 4.43. The summed E-state index contributed by atoms with van der Waals surface area (Å²) in [6.07, 6.45) is 2.93. The van der Waals surface area contributed by atoms with Gasteiger partial charge in [-0.3, -0.25) is 4.79 Å². The molecule has 1 N–H and O–H groups in total. The number of hydrogen-bond donors (Lipinski definition) is 1. The normalized spacial score (nSPS) is 17.2. The molecule has 1 aromatic carbocycles. The van der Waals surface area contributed by atoms with Crippen LogP contribution in [-0.4, -0.2) is 34.6 Å². The number of carbonyl (C=O) groups excluding carboxylic acids is 1. The zero-order chi connectivity index (χ0) is 15.7. The monoisotopic (exact) mass is 289 g/mol. The van der Waals surface area contributed by atoms with Crippen LogP contribution < -0.4 is 0 Å². The van der Waals surface area contributed by atoms with Crippen LogP contribution in [-0.2, 0) is 10.2 Å². The molecule has 1 aliphatic rings. The summed E-state index contributed by atoms with van der Waals surface area (Å²) in [5.74, 6) is 0.170. The van der Waals surface area contributed by atoms with Gasteiger partial charge in [0, 0.05) is 13.1 Å². The quantitative estimate of drug-likeness (QED) is 0.905. The summed E-state index contributed by atoms with van der Waals surface area (Å²) in [4.78, 5) is 14.9. The van der Waals surface area contributed by atoms with Crippen LogP contribution in [0.1, 0.15) is 51.2 Å². The molecular weight excluding hydrogens is 262 g/mol. The van der Waals surface area contributed by atoms with Gasteiger partial charge in [0.05, 0.1) is 11.0 Å². The van der Waals surface area contributed by atoms with Gasteiger partial charge in [-0.05, 0) is 46.1 Å². The molecule has 21 heavy (non-hydrogen) atoms. The van der Waals surface area contributed by atoms with Crippen LogP contribution in [0, 0.1) is 6.92 Å². The van der Waals surface area contributed by atoms with Crippen LogP contribution in [0.25, 0.3) is 0 Å². The van der Waals surface area contributed by atoms with E-state index in [9.17, 15) is 9.90 Å². The topological polar surface area (TPSA) is 40.5 Å². The van der Waals surface area contributed by atoms with Crippen LogP contribution in [0.4, 0.5) is 0 Å². The third-order valence-corrected chi connectivity index (χ3v) is 4.43. The van der Waals surface area contributed by atoms with Gasteiger partial charge in [-0.2, -0.15) is 0 Å². The standard InChI is InChI=1S/C18H27NO2/c1-5-19(13-17(3,4)21)16(20)18(10-7-11-18)15-9-6-8-14(2)12-15/h6,8-9,12,21H,5,7,10-11,13H2,1-4H3. The largest absolute Gasteiger partial charge is 0.389 e. The van der Waals surface area contributed by atoms with Crippen molar-refractivity contribution < 1.29 is 9.90 Å². The van der Waals surface area contributed by atoms with Crippen molar-refractivity contribution in [1.29, 1.82) is 0 Å². The van der Waals surface area contributed by atoms with Crippen molar-refractivity contribution in [2.45, 2.75) is 58.0 Å². The Morgan fingerprint density at radius 2 is 2.05 bits per heavy atom. The molecule has 0 spiro atoms. The molecule has 1 aromatic rings. The number of aliphatic hydroxyl groups is 1. The first-order valence-corrected chi connectivity index (χ1v) is 7.87. The summed E-state index contributed by atoms with van der Waals surface area (Å²) >= 11 is 0. The Bertz CT molecular complexity index is 512. The van der Waals surface area contributed by atoms with Crippen LogP contribution in [0.15, 0.2) is 24.3 Å². The average Bonchev–Trinajstić information content (AvgIpc) is 2.33. The minimum absolute atomic E-state index is 0.170. The van der Waals surface area contributed by atoms with Crippen molar-refractivity contribution in [3.05, 3.63) is 35.4 Å². The van der Waals surface area contributed by atoms with Crippen LogP contribution in [0.2, 0.25) is 0 Å². The molecular formula is C18H27NO2. The zero-order valence-electron chi connectivity index (χ0n) is 13.6. The van der Waals surface area contributed by atoms with Crippen molar-refractivity contribution >= 4 is 5.91 Å². The number of carbonyl (C=O) groups is 1. The summed E-state index contributed by atoms with van der Waals surface area (Å²) in [6.45, 7) is 8.57. The molecule has 3 heteroatoms. The van der Waals surface area contributed by atoms with E-state index in [0.717, 1.165) is 24.8 Å². The zero-order valence-corrected chi connectivity index (χ0v) is 13.6. The molecule has 0 unspecified atom stereocenters. The van der Waals surface area contributed by atoms with Crippen molar-refractivity contribution in [3.63, 3.8) is 0 Å². The first-order valence-electron chi connectivity index (χ1n) is 7.87. The number of hydrogen-bond acceptors (Lipinski definition) is 2. The van der Waals surface area contributed by atoms with Gasteiger partial charge >= 0.3 is 0 Å². The lowest BCUT2D eigenvalue weighted by molar-refractivity contribution is -0.143. The second kappa shape index (κ2) is 5.80. The average molecular weight is 289 g/mol. The highest BCUT2D eigenvalue weighted by Crippen LogP contribution is 2.45. The summed E-state index contributed by atoms with van der Waals surface area (Å²) in [5.41, 5.74) is 1.10. The Morgan fingerprint density at radius 3 is 2.48 bits per heavy atom. The van der Waals surface area contributed by atoms with Crippen molar-refractivity contribution in [3.8, 4) is 0 Å². The molecule has 0 heterocycles. The molecule has 1 fully saturated rings. The number of amides is 1. The molecule has 0 aliphatic heterocycles. The Balaban J connectivity index is 2.29. The summed E-state index contributed by atoms with van der Waals surface area (Å²) in [7, 11) is 0. The molecule has 1 amide bonds. The number of aryl methyl sites for hydroxylation is 1. The van der Waals surface area contributed by atoms with Gasteiger partial charge in [0.2, 0.25) is 5.91 Å². The van der Waals surface area contributed by atoms with Gasteiger partial charge in [0.15, 0.2) is 0 Å². The molecule has 116 valence electrons. The minimum Gasteiger partial charge on any atom is -0.389 e. The second-order valence-electron chi connectivity index (χ2n) is 6.94. The first kappa shape index (κ1) is 16.0. The fourth-order valence-electron chi connectivity index (χ4n) is 3.20. The van der Waals surface area contributed by atoms with Gasteiger partial charge in [0.1, 0.15) is 0 Å². The Hall–Kier alpha value is -1.35. The number of benzene rings is 1. The van der Waals surface area contributed by atoms with Crippen molar-refractivity contribution in [2.75, 3.05) is 13.1 Å². The minimum atomic E-state index is -0.858. The Labute approximate surface area is 128 Å². The summed E-state index contributed by atoms with van der Waals surface area (Å²) in [5, 5.41) is 10.0. The van der Waals surface area contributed by atoms with E-state index in [4.69, 9.17) is 0 Å². The van der Waals surface area contributed by atoms with E-state index < -0.39 is 5.60 Å². The van der Waals surface area contributed by atoms with Gasteiger partial charge in [-0.25, -0.2) is 0 Å². The predicted octanol–water partition coefficient (Wildman–Crippen LogP) is 3.04. The molecule has 0 bridgehead atoms. The van der Waals surface area contributed by atoms with E-state index in [1.807, 2.05) is 17.9 Å². The van der Waals surface area contributed by atoms with E-state index in [1.165, 1.54) is 5.56 Å². The van der Waals surface area contributed by atoms with Gasteiger partial charge < -0.3 is 10.0 Å². The third-order valence-electron chi connectivity index (χ3n) is 4.43. The molecule has 3 nitrogen and oxygen atoms in total. The highest BCUT2D eigenvalue weighted by atomic mass is 16.3. The first-order chi connectivity index (χ1) is 9.78. The summed E-state index contributed by atoms with van der Waals surface area (Å²) < 4.78 is 0. The highest BCUT2D eigenvalue weighted by Gasteiger charge is 2.47. The summed E-state index contributed by atoms with van der Waals surface area (Å²) in [6, 6.07) is 8.30. The van der Waals surface area contributed by atoms with Crippen LogP contribution in [0.5, 0.6) is 0 Å². The second-order valence-corrected chi connectivity index (χ2v) is 6.94. The number of likely N-dealkylation sites (N-methyl/N-ethyl adjacent to an activating group) is 1. The number of rotatable bonds is 5. The molecule has 0 aromatic heterocycles. The van der Waals surface area contributed by atoms with Gasteiger partial charge in [-0.1, -0.05) is 36.2 Å². The molecule has 0 saturated heterocycles. The lowest BCUT2D eigenvalue weighted by Crippen LogP contribution is -2.54. The predicted molar refractivity (Wildman–Crippen MR) is 85.3 cm³/mol. The molecule has 2 rings (SSSR count). The maximum absolute atomic E-state index is 13.1. The van der Waals surface area contributed by atoms with Gasteiger partial charge in [-0.15, -0.1) is 0 Å². The van der Waals surface area contributed by atoms with Crippen molar-refractivity contribution in [2.24, 2.45) is 0 Å². The highest BCUT2D eigenvalue weighted by molar-refractivity contribution is 5.89. The van der Waals surface area contributed by atoms with E-state index >= 15 is 0 Å². The number of nitrogens with zero attached hydrogens (tertiary/aromatic N) is 1. The maximum Gasteiger partial charge on any atom is 0.233 e. The van der Waals surface area contributed by atoms with Crippen LogP contribution >= 0.6 is 0 Å². The van der Waals surface area contributed by atoms with Crippen molar-refractivity contribution in [1.82, 2.24) is 4.90 Å². The molecule has 1 saturated carbocycles. The lowest BCUT2D eigenvalue weighted by atomic mass is 9.63. The Morgan fingerprint density at radius 1 is 1.38 bits per heavy atom. The van der Waals surface area contributed by atoms with Crippen LogP contribution in [0.3, 0.4) is 0 Å². The van der Waals surface area contributed by atoms with E-state index in [2.05, 4.69) is 25.1 Å². The fraction of sp³-hybridized carbons (Fsp3) is 0.611. The maximum atomic E-state index is 13.1. The van der Waals surface area contributed by atoms with E-state index in [0.29, 0.717) is 13.1 Å². The third kappa shape index (κ3) is 3.29. The smallest absolute Gasteiger partial charge is 0.233 e. The van der Waals surface area contributed by atoms with E-state index in [-0.39, 0.29) is 11.3 Å². The molecule has 0 atom stereocenters. The fourth-order valence-corrected chi connectivity index (χ4v) is 3.20. The molecule has 0 radical (unpaired) electrons. The van der Waals surface area contributed by atoms with E-state index in [1.54, 1.807) is 13.8 Å². The van der Waals surface area contributed by atoms with Gasteiger partial charge in [0.25, 0.3) is 0 Å². The molecule has 1 aliphatic carbocycles.